The minimum atomic E-state index is -0.847. The van der Waals surface area contributed by atoms with E-state index in [0.29, 0.717) is 16.7 Å². The first-order chi connectivity index (χ1) is 12.8. The molecule has 0 unspecified atom stereocenters. The summed E-state index contributed by atoms with van der Waals surface area (Å²) < 4.78 is 4.87. The van der Waals surface area contributed by atoms with Crippen LogP contribution >= 0.6 is 0 Å². The Labute approximate surface area is 156 Å². The molecule has 1 atom stereocenters. The van der Waals surface area contributed by atoms with Gasteiger partial charge in [-0.25, -0.2) is 0 Å². The van der Waals surface area contributed by atoms with Gasteiger partial charge in [0.15, 0.2) is 0 Å². The number of aryl methyl sites for hydroxylation is 1. The summed E-state index contributed by atoms with van der Waals surface area (Å²) in [5.74, 6) is -2.60. The van der Waals surface area contributed by atoms with Crippen LogP contribution in [-0.4, -0.2) is 34.4 Å². The number of ether oxygens (including phenoxy) is 1. The van der Waals surface area contributed by atoms with Crippen LogP contribution < -0.4 is 0 Å². The van der Waals surface area contributed by atoms with Crippen molar-refractivity contribution in [3.05, 3.63) is 58.1 Å². The quantitative estimate of drug-likeness (QED) is 0.787. The number of Topliss-reactive ketones (excluding diaryl/α,β-unsaturated/α-hetero) is 1. The number of benzene rings is 2. The van der Waals surface area contributed by atoms with Crippen molar-refractivity contribution >= 4 is 17.5 Å². The molecule has 0 radical (unpaired) electrons. The molecule has 1 aliphatic rings. The molecule has 0 fully saturated rings. The number of fused-ring (bicyclic) bond motifs is 2. The van der Waals surface area contributed by atoms with Crippen LogP contribution in [0.3, 0.4) is 0 Å². The third kappa shape index (κ3) is 3.30. The Morgan fingerprint density at radius 3 is 2.44 bits per heavy atom. The monoisotopic (exact) mass is 368 g/mol. The molecule has 0 bridgehead atoms. The lowest BCUT2D eigenvalue weighted by Gasteiger charge is -2.28. The molecule has 0 saturated heterocycles. The molecule has 2 aromatic carbocycles. The molecular weight excluding hydrogens is 348 g/mol. The van der Waals surface area contributed by atoms with Crippen molar-refractivity contribution in [3.8, 4) is 11.5 Å². The van der Waals surface area contributed by atoms with E-state index < -0.39 is 17.7 Å². The number of ketones is 2. The summed E-state index contributed by atoms with van der Waals surface area (Å²) in [5, 5.41) is 20.5. The van der Waals surface area contributed by atoms with Gasteiger partial charge in [-0.2, -0.15) is 0 Å². The van der Waals surface area contributed by atoms with E-state index in [1.54, 1.807) is 32.0 Å². The van der Waals surface area contributed by atoms with Crippen molar-refractivity contribution in [1.29, 1.82) is 0 Å². The first-order valence-electron chi connectivity index (χ1n) is 8.73. The number of rotatable bonds is 5. The number of carbonyl (C=O) groups excluding carboxylic acids is 3. The lowest BCUT2D eigenvalue weighted by Crippen LogP contribution is -2.26. The van der Waals surface area contributed by atoms with Gasteiger partial charge in [0, 0.05) is 6.42 Å². The summed E-state index contributed by atoms with van der Waals surface area (Å²) in [4.78, 5) is 37.5. The molecule has 2 aromatic rings. The van der Waals surface area contributed by atoms with E-state index in [0.717, 1.165) is 0 Å². The number of carbonyl (C=O) groups is 3. The summed E-state index contributed by atoms with van der Waals surface area (Å²) in [5.41, 5.74) is 1.50. The molecule has 6 nitrogen and oxygen atoms in total. The zero-order chi connectivity index (χ0) is 19.7. The van der Waals surface area contributed by atoms with Crippen molar-refractivity contribution in [2.24, 2.45) is 0 Å². The van der Waals surface area contributed by atoms with Gasteiger partial charge < -0.3 is 14.9 Å². The fraction of sp³-hybridized carbons (Fsp3) is 0.286. The molecule has 140 valence electrons. The molecule has 3 rings (SSSR count). The average molecular weight is 368 g/mol. The van der Waals surface area contributed by atoms with Crippen LogP contribution in [0.5, 0.6) is 11.5 Å². The van der Waals surface area contributed by atoms with E-state index in [-0.39, 0.29) is 47.9 Å². The fourth-order valence-corrected chi connectivity index (χ4v) is 3.56. The van der Waals surface area contributed by atoms with Crippen LogP contribution in [0.1, 0.15) is 58.3 Å². The highest BCUT2D eigenvalue weighted by Crippen LogP contribution is 2.44. The molecule has 2 N–H and O–H groups in total. The number of hydrogen-bond acceptors (Lipinski definition) is 6. The lowest BCUT2D eigenvalue weighted by molar-refractivity contribution is -0.144. The van der Waals surface area contributed by atoms with Crippen molar-refractivity contribution in [2.75, 3.05) is 6.61 Å². The average Bonchev–Trinajstić information content (AvgIpc) is 2.59. The molecule has 0 spiro atoms. The smallest absolute Gasteiger partial charge is 0.306 e. The summed E-state index contributed by atoms with van der Waals surface area (Å²) in [6.07, 6.45) is -0.140. The first kappa shape index (κ1) is 18.6. The second kappa shape index (κ2) is 7.23. The van der Waals surface area contributed by atoms with Crippen LogP contribution in [0, 0.1) is 6.92 Å². The Hall–Kier alpha value is -3.15. The Kier molecular flexibility index (Phi) is 4.99. The maximum atomic E-state index is 13.0. The molecule has 6 heteroatoms. The topological polar surface area (TPSA) is 101 Å². The summed E-state index contributed by atoms with van der Waals surface area (Å²) in [6.45, 7) is 3.67. The molecule has 0 aliphatic heterocycles. The molecule has 0 saturated carbocycles. The molecule has 27 heavy (non-hydrogen) atoms. The van der Waals surface area contributed by atoms with Gasteiger partial charge in [0.1, 0.15) is 17.3 Å². The van der Waals surface area contributed by atoms with Gasteiger partial charge in [-0.3, -0.25) is 14.4 Å². The Balaban J connectivity index is 2.10. The predicted octanol–water partition coefficient (Wildman–Crippen LogP) is 2.99. The largest absolute Gasteiger partial charge is 0.507 e. The van der Waals surface area contributed by atoms with Gasteiger partial charge >= 0.3 is 5.97 Å². The van der Waals surface area contributed by atoms with Crippen LogP contribution in [-0.2, 0) is 14.3 Å². The van der Waals surface area contributed by atoms with Crippen LogP contribution in [0.4, 0.5) is 0 Å². The standard InChI is InChI=1S/C21H20O6/c1-3-27-17(25)8-7-15(23)18-12-5-4-6-14(22)19(12)21(26)20-13(18)9-11(2)10-16(20)24/h4-6,9-10,18,22,24H,3,7-8H2,1-2H3/t18-/m1/s1. The molecule has 0 amide bonds. The van der Waals surface area contributed by atoms with Crippen molar-refractivity contribution < 1.29 is 29.3 Å². The van der Waals surface area contributed by atoms with E-state index in [1.165, 1.54) is 12.1 Å². The van der Waals surface area contributed by atoms with E-state index in [9.17, 15) is 24.6 Å². The maximum Gasteiger partial charge on any atom is 0.306 e. The number of phenolic OH excluding ortho intramolecular Hbond substituents is 2. The molecule has 0 aromatic heterocycles. The van der Waals surface area contributed by atoms with Crippen LogP contribution in [0.15, 0.2) is 30.3 Å². The minimum absolute atomic E-state index is 0.0126. The van der Waals surface area contributed by atoms with Gasteiger partial charge in [-0.15, -0.1) is 0 Å². The highest BCUT2D eigenvalue weighted by atomic mass is 16.5. The van der Waals surface area contributed by atoms with E-state index >= 15 is 0 Å². The van der Waals surface area contributed by atoms with Crippen LogP contribution in [0.2, 0.25) is 0 Å². The number of esters is 1. The van der Waals surface area contributed by atoms with Gasteiger partial charge in [0.05, 0.1) is 30.1 Å². The van der Waals surface area contributed by atoms with Gasteiger partial charge in [-0.1, -0.05) is 18.2 Å². The highest BCUT2D eigenvalue weighted by Gasteiger charge is 2.38. The predicted molar refractivity (Wildman–Crippen MR) is 97.1 cm³/mol. The zero-order valence-electron chi connectivity index (χ0n) is 15.1. The van der Waals surface area contributed by atoms with Crippen LogP contribution in [0.25, 0.3) is 0 Å². The van der Waals surface area contributed by atoms with Gasteiger partial charge in [-0.05, 0) is 42.7 Å². The molecule has 0 heterocycles. The molecular formula is C21H20O6. The Bertz CT molecular complexity index is 944. The summed E-state index contributed by atoms with van der Waals surface area (Å²) >= 11 is 0. The maximum absolute atomic E-state index is 13.0. The number of phenols is 2. The third-order valence-corrected chi connectivity index (χ3v) is 4.65. The Morgan fingerprint density at radius 1 is 1.04 bits per heavy atom. The number of hydrogen-bond donors (Lipinski definition) is 2. The number of aromatic hydroxyl groups is 2. The van der Waals surface area contributed by atoms with Crippen molar-refractivity contribution in [1.82, 2.24) is 0 Å². The summed E-state index contributed by atoms with van der Waals surface area (Å²) in [7, 11) is 0. The SMILES string of the molecule is CCOC(=O)CCC(=O)[C@@H]1c2cccc(O)c2C(=O)c2c(O)cc(C)cc21. The first-order valence-corrected chi connectivity index (χ1v) is 8.73. The van der Waals surface area contributed by atoms with Gasteiger partial charge in [0.2, 0.25) is 5.78 Å². The van der Waals surface area contributed by atoms with E-state index in [4.69, 9.17) is 4.74 Å². The fourth-order valence-electron chi connectivity index (χ4n) is 3.56. The normalized spacial score (nSPS) is 15.0. The third-order valence-electron chi connectivity index (χ3n) is 4.65. The van der Waals surface area contributed by atoms with Crippen molar-refractivity contribution in [3.63, 3.8) is 0 Å². The lowest BCUT2D eigenvalue weighted by atomic mass is 9.73. The summed E-state index contributed by atoms with van der Waals surface area (Å²) in [6, 6.07) is 7.68. The van der Waals surface area contributed by atoms with Gasteiger partial charge in [0.25, 0.3) is 0 Å². The van der Waals surface area contributed by atoms with E-state index in [1.807, 2.05) is 0 Å². The van der Waals surface area contributed by atoms with E-state index in [2.05, 4.69) is 0 Å². The zero-order valence-corrected chi connectivity index (χ0v) is 15.1. The highest BCUT2D eigenvalue weighted by molar-refractivity contribution is 6.18. The minimum Gasteiger partial charge on any atom is -0.507 e. The molecule has 1 aliphatic carbocycles. The Morgan fingerprint density at radius 2 is 1.74 bits per heavy atom. The second-order valence-corrected chi connectivity index (χ2v) is 6.52. The van der Waals surface area contributed by atoms with Crippen molar-refractivity contribution in [2.45, 2.75) is 32.6 Å². The second-order valence-electron chi connectivity index (χ2n) is 6.52.